The van der Waals surface area contributed by atoms with E-state index in [-0.39, 0.29) is 5.69 Å². The van der Waals surface area contributed by atoms with Crippen molar-refractivity contribution in [1.29, 1.82) is 0 Å². The van der Waals surface area contributed by atoms with Crippen LogP contribution in [-0.4, -0.2) is 10.9 Å². The lowest BCUT2D eigenvalue weighted by Crippen LogP contribution is -2.02. The summed E-state index contributed by atoms with van der Waals surface area (Å²) >= 11 is 0. The molecule has 88 valence electrons. The Hall–Kier alpha value is -1.97. The number of aryl methyl sites for hydroxylation is 1. The van der Waals surface area contributed by atoms with Crippen molar-refractivity contribution in [2.75, 3.05) is 0 Å². The van der Waals surface area contributed by atoms with Gasteiger partial charge in [0.2, 0.25) is 0 Å². The van der Waals surface area contributed by atoms with Gasteiger partial charge in [0.15, 0.2) is 6.29 Å². The highest BCUT2D eigenvalue weighted by atomic mass is 19.1. The van der Waals surface area contributed by atoms with Crippen LogP contribution >= 0.6 is 0 Å². The number of aromatic nitrogens is 1. The lowest BCUT2D eigenvalue weighted by atomic mass is 10.2. The minimum Gasteiger partial charge on any atom is -0.315 e. The molecule has 0 bridgehead atoms. The molecule has 2 aromatic rings. The van der Waals surface area contributed by atoms with E-state index in [9.17, 15) is 13.6 Å². The summed E-state index contributed by atoms with van der Waals surface area (Å²) in [6, 6.07) is 5.05. The molecule has 1 heterocycles. The number of hydrogen-bond acceptors (Lipinski definition) is 1. The normalized spacial score (nSPS) is 10.6. The fraction of sp³-hybridized carbons (Fsp3) is 0.154. The largest absolute Gasteiger partial charge is 0.315 e. The molecule has 1 aromatic heterocycles. The van der Waals surface area contributed by atoms with Crippen LogP contribution in [-0.2, 0) is 0 Å². The van der Waals surface area contributed by atoms with Gasteiger partial charge in [-0.05, 0) is 32.0 Å². The zero-order valence-electron chi connectivity index (χ0n) is 9.50. The molecule has 0 radical (unpaired) electrons. The molecule has 4 heteroatoms. The van der Waals surface area contributed by atoms with Crippen molar-refractivity contribution in [3.05, 3.63) is 52.9 Å². The highest BCUT2D eigenvalue weighted by Crippen LogP contribution is 2.22. The van der Waals surface area contributed by atoms with Gasteiger partial charge in [0.25, 0.3) is 0 Å². The maximum absolute atomic E-state index is 13.7. The number of carbonyl (C=O) groups excluding carboxylic acids is 1. The van der Waals surface area contributed by atoms with Gasteiger partial charge in [0.1, 0.15) is 11.6 Å². The van der Waals surface area contributed by atoms with E-state index in [2.05, 4.69) is 0 Å². The van der Waals surface area contributed by atoms with Crippen molar-refractivity contribution < 1.29 is 13.6 Å². The predicted molar refractivity (Wildman–Crippen MR) is 60.5 cm³/mol. The first kappa shape index (κ1) is 11.5. The first-order valence-electron chi connectivity index (χ1n) is 5.14. The Balaban J connectivity index is 2.68. The topological polar surface area (TPSA) is 22.0 Å². The lowest BCUT2D eigenvalue weighted by molar-refractivity contribution is 0.112. The first-order chi connectivity index (χ1) is 8.04. The molecule has 0 aliphatic rings. The number of benzene rings is 1. The Morgan fingerprint density at radius 2 is 1.88 bits per heavy atom. The van der Waals surface area contributed by atoms with Gasteiger partial charge in [-0.15, -0.1) is 0 Å². The molecule has 0 aliphatic carbocycles. The van der Waals surface area contributed by atoms with Gasteiger partial charge >= 0.3 is 0 Å². The third-order valence-corrected chi connectivity index (χ3v) is 2.75. The molecule has 2 nitrogen and oxygen atoms in total. The van der Waals surface area contributed by atoms with Crippen molar-refractivity contribution in [2.45, 2.75) is 13.8 Å². The van der Waals surface area contributed by atoms with E-state index < -0.39 is 11.6 Å². The SMILES string of the molecule is Cc1cc(C=O)c(C)n1-c1ccc(F)cc1F. The fourth-order valence-corrected chi connectivity index (χ4v) is 1.94. The molecule has 0 saturated heterocycles. The smallest absolute Gasteiger partial charge is 0.151 e. The van der Waals surface area contributed by atoms with E-state index in [4.69, 9.17) is 0 Å². The standard InChI is InChI=1S/C13H11F2NO/c1-8-5-10(7-17)9(2)16(8)13-4-3-11(14)6-12(13)15/h3-7H,1-2H3. The monoisotopic (exact) mass is 235 g/mol. The number of rotatable bonds is 2. The molecule has 1 aromatic carbocycles. The average molecular weight is 235 g/mol. The molecule has 0 spiro atoms. The summed E-state index contributed by atoms with van der Waals surface area (Å²) in [5, 5.41) is 0. The molecule has 0 fully saturated rings. The van der Waals surface area contributed by atoms with Crippen molar-refractivity contribution in [3.8, 4) is 5.69 Å². The summed E-state index contributed by atoms with van der Waals surface area (Å²) in [4.78, 5) is 10.8. The second-order valence-corrected chi connectivity index (χ2v) is 3.88. The van der Waals surface area contributed by atoms with Crippen LogP contribution in [0.1, 0.15) is 21.7 Å². The Labute approximate surface area is 97.5 Å². The summed E-state index contributed by atoms with van der Waals surface area (Å²) in [5.74, 6) is -1.27. The van der Waals surface area contributed by atoms with Crippen molar-refractivity contribution in [1.82, 2.24) is 4.57 Å². The second kappa shape index (κ2) is 4.13. The molecule has 0 N–H and O–H groups in total. The van der Waals surface area contributed by atoms with Crippen molar-refractivity contribution in [2.24, 2.45) is 0 Å². The minimum absolute atomic E-state index is 0.245. The molecule has 0 aliphatic heterocycles. The van der Waals surface area contributed by atoms with Crippen molar-refractivity contribution in [3.63, 3.8) is 0 Å². The Morgan fingerprint density at radius 3 is 2.41 bits per heavy atom. The maximum atomic E-state index is 13.7. The number of carbonyl (C=O) groups is 1. The van der Waals surface area contributed by atoms with Gasteiger partial charge in [0.05, 0.1) is 5.69 Å². The second-order valence-electron chi connectivity index (χ2n) is 3.88. The third kappa shape index (κ3) is 1.86. The maximum Gasteiger partial charge on any atom is 0.151 e. The van der Waals surface area contributed by atoms with Crippen molar-refractivity contribution >= 4 is 6.29 Å². The quantitative estimate of drug-likeness (QED) is 0.733. The molecular weight excluding hydrogens is 224 g/mol. The molecule has 0 saturated carbocycles. The number of hydrogen-bond donors (Lipinski definition) is 0. The average Bonchev–Trinajstić information content (AvgIpc) is 2.55. The van der Waals surface area contributed by atoms with E-state index in [1.54, 1.807) is 24.5 Å². The molecular formula is C13H11F2NO. The summed E-state index contributed by atoms with van der Waals surface area (Å²) in [6.07, 6.45) is 0.722. The van der Waals surface area contributed by atoms with Crippen LogP contribution in [0.15, 0.2) is 24.3 Å². The Morgan fingerprint density at radius 1 is 1.18 bits per heavy atom. The third-order valence-electron chi connectivity index (χ3n) is 2.75. The van der Waals surface area contributed by atoms with Crippen LogP contribution in [0.4, 0.5) is 8.78 Å². The highest BCUT2D eigenvalue weighted by Gasteiger charge is 2.13. The van der Waals surface area contributed by atoms with E-state index in [0.29, 0.717) is 11.3 Å². The molecule has 2 rings (SSSR count). The van der Waals surface area contributed by atoms with Gasteiger partial charge in [-0.25, -0.2) is 8.78 Å². The van der Waals surface area contributed by atoms with Crippen LogP contribution in [0, 0.1) is 25.5 Å². The zero-order valence-corrected chi connectivity index (χ0v) is 9.50. The van der Waals surface area contributed by atoms with Gasteiger partial charge in [-0.3, -0.25) is 4.79 Å². The van der Waals surface area contributed by atoms with E-state index in [0.717, 1.165) is 18.0 Å². The Kier molecular flexibility index (Phi) is 2.79. The molecule has 0 unspecified atom stereocenters. The molecule has 0 atom stereocenters. The Bertz CT molecular complexity index is 587. The lowest BCUT2D eigenvalue weighted by Gasteiger charge is -2.10. The first-order valence-corrected chi connectivity index (χ1v) is 5.14. The van der Waals surface area contributed by atoms with Crippen LogP contribution in [0.2, 0.25) is 0 Å². The summed E-state index contributed by atoms with van der Waals surface area (Å²) in [5.41, 5.74) is 2.12. The van der Waals surface area contributed by atoms with E-state index in [1.165, 1.54) is 12.1 Å². The molecule has 0 amide bonds. The number of nitrogens with zero attached hydrogens (tertiary/aromatic N) is 1. The van der Waals surface area contributed by atoms with Gasteiger partial charge in [-0.2, -0.15) is 0 Å². The summed E-state index contributed by atoms with van der Waals surface area (Å²) in [7, 11) is 0. The van der Waals surface area contributed by atoms with Gasteiger partial charge in [-0.1, -0.05) is 0 Å². The van der Waals surface area contributed by atoms with Crippen LogP contribution in [0.25, 0.3) is 5.69 Å². The zero-order chi connectivity index (χ0) is 12.6. The van der Waals surface area contributed by atoms with Crippen LogP contribution in [0.5, 0.6) is 0 Å². The predicted octanol–water partition coefficient (Wildman–Crippen LogP) is 3.18. The van der Waals surface area contributed by atoms with E-state index in [1.807, 2.05) is 0 Å². The molecule has 17 heavy (non-hydrogen) atoms. The minimum atomic E-state index is -0.649. The summed E-state index contributed by atoms with van der Waals surface area (Å²) in [6.45, 7) is 3.49. The van der Waals surface area contributed by atoms with Gasteiger partial charge in [0, 0.05) is 23.0 Å². The summed E-state index contributed by atoms with van der Waals surface area (Å²) < 4.78 is 28.1. The fourth-order valence-electron chi connectivity index (χ4n) is 1.94. The number of aldehydes is 1. The highest BCUT2D eigenvalue weighted by molar-refractivity contribution is 5.77. The number of halogens is 2. The van der Waals surface area contributed by atoms with Gasteiger partial charge < -0.3 is 4.57 Å². The van der Waals surface area contributed by atoms with Crippen LogP contribution < -0.4 is 0 Å². The van der Waals surface area contributed by atoms with Crippen LogP contribution in [0.3, 0.4) is 0 Å². The van der Waals surface area contributed by atoms with E-state index >= 15 is 0 Å².